The van der Waals surface area contributed by atoms with Crippen molar-refractivity contribution in [3.63, 3.8) is 0 Å². The van der Waals surface area contributed by atoms with Crippen LogP contribution in [0.15, 0.2) is 24.3 Å². The minimum atomic E-state index is 0. The molecule has 2 aromatic rings. The highest BCUT2D eigenvalue weighted by atomic mass is 35.5. The highest BCUT2D eigenvalue weighted by Crippen LogP contribution is 2.32. The summed E-state index contributed by atoms with van der Waals surface area (Å²) in [5, 5.41) is 3.21. The second-order valence-corrected chi connectivity index (χ2v) is 7.37. The van der Waals surface area contributed by atoms with Crippen molar-refractivity contribution in [2.24, 2.45) is 0 Å². The summed E-state index contributed by atoms with van der Waals surface area (Å²) in [7, 11) is 0. The lowest BCUT2D eigenvalue weighted by molar-refractivity contribution is 0.0936. The maximum absolute atomic E-state index is 12.6. The molecular formula is C18H21ClN2O2S. The lowest BCUT2D eigenvalue weighted by Gasteiger charge is -2.26. The highest BCUT2D eigenvalue weighted by Gasteiger charge is 2.24. The minimum Gasteiger partial charge on any atom is -0.399 e. The van der Waals surface area contributed by atoms with E-state index in [-0.39, 0.29) is 24.4 Å². The fraction of sp³-hybridized carbons (Fsp3) is 0.389. The van der Waals surface area contributed by atoms with Gasteiger partial charge in [0.2, 0.25) is 0 Å². The molecule has 0 fully saturated rings. The Hall–Kier alpha value is -1.56. The van der Waals surface area contributed by atoms with Crippen LogP contribution < -0.4 is 11.1 Å². The van der Waals surface area contributed by atoms with Gasteiger partial charge in [0, 0.05) is 17.0 Å². The lowest BCUT2D eigenvalue weighted by Crippen LogP contribution is -2.30. The van der Waals surface area contributed by atoms with Crippen LogP contribution in [0.4, 0.5) is 5.69 Å². The molecule has 3 N–H and O–H groups in total. The number of nitrogen functional groups attached to an aromatic ring is 1. The van der Waals surface area contributed by atoms with Crippen molar-refractivity contribution in [2.75, 3.05) is 12.3 Å². The molecule has 128 valence electrons. The molecule has 0 saturated heterocycles. The third-order valence-corrected chi connectivity index (χ3v) is 5.87. The molecule has 0 spiro atoms. The number of ether oxygens (including phenoxy) is 1. The van der Waals surface area contributed by atoms with Gasteiger partial charge in [0.05, 0.1) is 24.1 Å². The van der Waals surface area contributed by atoms with Crippen molar-refractivity contribution in [3.05, 3.63) is 50.7 Å². The van der Waals surface area contributed by atoms with Crippen LogP contribution in [0.2, 0.25) is 0 Å². The Balaban J connectivity index is 0.00000169. The number of anilines is 1. The first-order valence-electron chi connectivity index (χ1n) is 8.09. The molecule has 4 nitrogen and oxygen atoms in total. The average molecular weight is 365 g/mol. The van der Waals surface area contributed by atoms with Gasteiger partial charge in [-0.25, -0.2) is 0 Å². The fourth-order valence-corrected chi connectivity index (χ4v) is 4.53. The Bertz CT molecular complexity index is 736. The van der Waals surface area contributed by atoms with Crippen LogP contribution in [-0.2, 0) is 24.2 Å². The number of nitrogens with two attached hydrogens (primary N) is 1. The van der Waals surface area contributed by atoms with Gasteiger partial charge in [-0.15, -0.1) is 23.7 Å². The number of nitrogens with one attached hydrogen (secondary N) is 1. The van der Waals surface area contributed by atoms with Gasteiger partial charge in [-0.3, -0.25) is 4.79 Å². The fourth-order valence-electron chi connectivity index (χ4n) is 3.47. The molecule has 2 aliphatic rings. The third-order valence-electron chi connectivity index (χ3n) is 4.64. The maximum Gasteiger partial charge on any atom is 0.261 e. The van der Waals surface area contributed by atoms with Crippen LogP contribution in [0.3, 0.4) is 0 Å². The van der Waals surface area contributed by atoms with E-state index in [1.165, 1.54) is 21.6 Å². The number of benzene rings is 1. The standard InChI is InChI=1S/C18H20N2O2S.ClH/c19-13-4-5-14-11(8-13)2-1-3-15(14)20-18(21)17-9-12-10-22-7-6-16(12)23-17;/h4-5,8-9,15H,1-3,6-7,10,19H2,(H,20,21);1H. The van der Waals surface area contributed by atoms with Crippen LogP contribution in [0.5, 0.6) is 0 Å². The predicted molar refractivity (Wildman–Crippen MR) is 98.9 cm³/mol. The molecule has 2 heterocycles. The third kappa shape index (κ3) is 3.29. The maximum atomic E-state index is 12.6. The Morgan fingerprint density at radius 2 is 2.12 bits per heavy atom. The molecule has 24 heavy (non-hydrogen) atoms. The monoisotopic (exact) mass is 364 g/mol. The summed E-state index contributed by atoms with van der Waals surface area (Å²) in [5.41, 5.74) is 10.3. The van der Waals surface area contributed by atoms with Gasteiger partial charge in [-0.2, -0.15) is 0 Å². The summed E-state index contributed by atoms with van der Waals surface area (Å²) >= 11 is 1.60. The van der Waals surface area contributed by atoms with Crippen molar-refractivity contribution in [1.82, 2.24) is 5.32 Å². The van der Waals surface area contributed by atoms with Crippen LogP contribution in [0, 0.1) is 0 Å². The van der Waals surface area contributed by atoms with E-state index >= 15 is 0 Å². The minimum absolute atomic E-state index is 0. The molecule has 1 amide bonds. The van der Waals surface area contributed by atoms with Gasteiger partial charge in [0.25, 0.3) is 5.91 Å². The average Bonchev–Trinajstić information content (AvgIpc) is 2.99. The van der Waals surface area contributed by atoms with Crippen LogP contribution >= 0.6 is 23.7 Å². The number of amides is 1. The molecule has 0 bridgehead atoms. The van der Waals surface area contributed by atoms with Crippen molar-refractivity contribution >= 4 is 35.3 Å². The van der Waals surface area contributed by atoms with E-state index in [9.17, 15) is 4.79 Å². The normalized spacial score (nSPS) is 18.9. The quantitative estimate of drug-likeness (QED) is 0.800. The van der Waals surface area contributed by atoms with E-state index in [2.05, 4.69) is 11.4 Å². The Kier molecular flexibility index (Phi) is 5.13. The Labute approximate surface area is 151 Å². The number of aryl methyl sites for hydroxylation is 1. The van der Waals surface area contributed by atoms with E-state index < -0.39 is 0 Å². The first kappa shape index (κ1) is 17.3. The zero-order valence-corrected chi connectivity index (χ0v) is 15.0. The number of fused-ring (bicyclic) bond motifs is 2. The lowest BCUT2D eigenvalue weighted by atomic mass is 9.87. The van der Waals surface area contributed by atoms with Crippen LogP contribution in [0.25, 0.3) is 0 Å². The molecule has 1 unspecified atom stereocenters. The number of rotatable bonds is 2. The molecule has 1 aromatic carbocycles. The summed E-state index contributed by atoms with van der Waals surface area (Å²) in [6.07, 6.45) is 4.02. The number of hydrogen-bond acceptors (Lipinski definition) is 4. The second-order valence-electron chi connectivity index (χ2n) is 6.24. The molecule has 0 radical (unpaired) electrons. The van der Waals surface area contributed by atoms with E-state index in [1.54, 1.807) is 11.3 Å². The summed E-state index contributed by atoms with van der Waals surface area (Å²) in [6.45, 7) is 1.39. The zero-order chi connectivity index (χ0) is 15.8. The van der Waals surface area contributed by atoms with Gasteiger partial charge in [0.1, 0.15) is 0 Å². The van der Waals surface area contributed by atoms with Crippen molar-refractivity contribution in [2.45, 2.75) is 38.3 Å². The number of carbonyl (C=O) groups excluding carboxylic acids is 1. The van der Waals surface area contributed by atoms with E-state index in [4.69, 9.17) is 10.5 Å². The molecular weight excluding hydrogens is 344 g/mol. The molecule has 1 aliphatic carbocycles. The second kappa shape index (κ2) is 7.13. The zero-order valence-electron chi connectivity index (χ0n) is 13.3. The first-order chi connectivity index (χ1) is 11.2. The highest BCUT2D eigenvalue weighted by molar-refractivity contribution is 7.14. The summed E-state index contributed by atoms with van der Waals surface area (Å²) in [4.78, 5) is 14.7. The molecule has 6 heteroatoms. The van der Waals surface area contributed by atoms with Crippen molar-refractivity contribution in [1.29, 1.82) is 0 Å². The Morgan fingerprint density at radius 3 is 2.96 bits per heavy atom. The van der Waals surface area contributed by atoms with Crippen LogP contribution in [0.1, 0.15) is 50.1 Å². The summed E-state index contributed by atoms with van der Waals surface area (Å²) in [5.74, 6) is 0.0269. The molecule has 0 saturated carbocycles. The molecule has 1 atom stereocenters. The number of carbonyl (C=O) groups is 1. The summed E-state index contributed by atoms with van der Waals surface area (Å²) in [6, 6.07) is 8.09. The van der Waals surface area contributed by atoms with E-state index in [0.717, 1.165) is 42.9 Å². The smallest absolute Gasteiger partial charge is 0.261 e. The summed E-state index contributed by atoms with van der Waals surface area (Å²) < 4.78 is 5.46. The van der Waals surface area contributed by atoms with Gasteiger partial charge in [-0.1, -0.05) is 6.07 Å². The topological polar surface area (TPSA) is 64.3 Å². The van der Waals surface area contributed by atoms with Crippen LogP contribution in [-0.4, -0.2) is 12.5 Å². The van der Waals surface area contributed by atoms with Crippen molar-refractivity contribution < 1.29 is 9.53 Å². The van der Waals surface area contributed by atoms with Gasteiger partial charge in [-0.05, 0) is 54.2 Å². The number of halogens is 1. The van der Waals surface area contributed by atoms with E-state index in [1.807, 2.05) is 18.2 Å². The number of thiophene rings is 1. The van der Waals surface area contributed by atoms with Gasteiger partial charge >= 0.3 is 0 Å². The molecule has 1 aromatic heterocycles. The largest absolute Gasteiger partial charge is 0.399 e. The number of hydrogen-bond donors (Lipinski definition) is 2. The van der Waals surface area contributed by atoms with Gasteiger partial charge < -0.3 is 15.8 Å². The molecule has 4 rings (SSSR count). The van der Waals surface area contributed by atoms with Crippen molar-refractivity contribution in [3.8, 4) is 0 Å². The van der Waals surface area contributed by atoms with E-state index in [0.29, 0.717) is 6.61 Å². The first-order valence-corrected chi connectivity index (χ1v) is 8.91. The molecule has 1 aliphatic heterocycles. The predicted octanol–water partition coefficient (Wildman–Crippen LogP) is 3.63. The van der Waals surface area contributed by atoms with Gasteiger partial charge in [0.15, 0.2) is 0 Å². The Morgan fingerprint density at radius 1 is 1.25 bits per heavy atom. The SMILES string of the molecule is Cl.Nc1ccc2c(c1)CCCC2NC(=O)c1cc2c(s1)CCOC2.